The third kappa shape index (κ3) is 2.93. The topological polar surface area (TPSA) is 87.7 Å². The molecule has 142 valence electrons. The lowest BCUT2D eigenvalue weighted by atomic mass is 9.98. The molecule has 1 aromatic carbocycles. The molecule has 1 aliphatic heterocycles. The highest BCUT2D eigenvalue weighted by Gasteiger charge is 2.47. The number of fused-ring (bicyclic) bond motifs is 1. The molecule has 7 heteroatoms. The van der Waals surface area contributed by atoms with Crippen LogP contribution in [-0.2, 0) is 4.74 Å². The van der Waals surface area contributed by atoms with Gasteiger partial charge in [0.15, 0.2) is 6.23 Å². The van der Waals surface area contributed by atoms with Gasteiger partial charge in [-0.15, -0.1) is 0 Å². The summed E-state index contributed by atoms with van der Waals surface area (Å²) in [5.41, 5.74) is 2.45. The minimum Gasteiger partial charge on any atom is -0.387 e. The van der Waals surface area contributed by atoms with Crippen LogP contribution in [-0.4, -0.2) is 43.2 Å². The Hall–Kier alpha value is -2.32. The highest BCUT2D eigenvalue weighted by Crippen LogP contribution is 2.37. The van der Waals surface area contributed by atoms with Crippen LogP contribution in [0, 0.1) is 19.7 Å². The van der Waals surface area contributed by atoms with E-state index in [2.05, 4.69) is 4.98 Å². The van der Waals surface area contributed by atoms with E-state index in [-0.39, 0.29) is 5.82 Å². The van der Waals surface area contributed by atoms with Crippen molar-refractivity contribution < 1.29 is 24.4 Å². The minimum absolute atomic E-state index is 0.378. The van der Waals surface area contributed by atoms with E-state index in [9.17, 15) is 19.7 Å². The van der Waals surface area contributed by atoms with Crippen molar-refractivity contribution in [3.05, 3.63) is 65.2 Å². The number of rotatable bonds is 3. The molecule has 3 aromatic rings. The van der Waals surface area contributed by atoms with Gasteiger partial charge in [0.2, 0.25) is 0 Å². The van der Waals surface area contributed by atoms with E-state index in [4.69, 9.17) is 4.74 Å². The Morgan fingerprint density at radius 1 is 1.11 bits per heavy atom. The standard InChI is InChI=1S/C20H21FN2O4/c1-10-5-7-22-19-13(10)6-8-23(19)20-17(26)16(25)18(27-20)15(24)12-3-4-14(21)11(2)9-12/h3-9,15-18,20,24-26H,1-2H3. The molecule has 0 aliphatic carbocycles. The third-order valence-corrected chi connectivity index (χ3v) is 5.22. The fourth-order valence-electron chi connectivity index (χ4n) is 3.62. The van der Waals surface area contributed by atoms with Crippen molar-refractivity contribution in [2.24, 2.45) is 0 Å². The monoisotopic (exact) mass is 372 g/mol. The van der Waals surface area contributed by atoms with E-state index < -0.39 is 30.6 Å². The van der Waals surface area contributed by atoms with Gasteiger partial charge >= 0.3 is 0 Å². The summed E-state index contributed by atoms with van der Waals surface area (Å²) in [4.78, 5) is 4.34. The number of hydrogen-bond donors (Lipinski definition) is 3. The molecule has 0 amide bonds. The van der Waals surface area contributed by atoms with Crippen molar-refractivity contribution in [3.63, 3.8) is 0 Å². The first-order chi connectivity index (χ1) is 12.9. The van der Waals surface area contributed by atoms with Gasteiger partial charge in [0, 0.05) is 17.8 Å². The number of aromatic nitrogens is 2. The summed E-state index contributed by atoms with van der Waals surface area (Å²) >= 11 is 0. The highest BCUT2D eigenvalue weighted by atomic mass is 19.1. The van der Waals surface area contributed by atoms with Crippen LogP contribution in [0.5, 0.6) is 0 Å². The van der Waals surface area contributed by atoms with Crippen LogP contribution in [0.25, 0.3) is 11.0 Å². The van der Waals surface area contributed by atoms with Gasteiger partial charge in [-0.05, 0) is 48.7 Å². The first-order valence-corrected chi connectivity index (χ1v) is 8.76. The normalized spacial score (nSPS) is 26.6. The zero-order valence-corrected chi connectivity index (χ0v) is 15.0. The number of pyridine rings is 1. The van der Waals surface area contributed by atoms with Gasteiger partial charge in [-0.2, -0.15) is 0 Å². The van der Waals surface area contributed by atoms with E-state index in [0.29, 0.717) is 16.8 Å². The van der Waals surface area contributed by atoms with Crippen molar-refractivity contribution in [2.45, 2.75) is 44.5 Å². The maximum absolute atomic E-state index is 13.5. The molecule has 3 N–H and O–H groups in total. The maximum atomic E-state index is 13.5. The van der Waals surface area contributed by atoms with Crippen LogP contribution in [0.1, 0.15) is 29.0 Å². The summed E-state index contributed by atoms with van der Waals surface area (Å²) in [5, 5.41) is 32.6. The fraction of sp³-hybridized carbons (Fsp3) is 0.350. The Balaban J connectivity index is 1.66. The molecule has 0 bridgehead atoms. The van der Waals surface area contributed by atoms with Gasteiger partial charge in [-0.3, -0.25) is 0 Å². The molecule has 1 saturated heterocycles. The predicted molar refractivity (Wildman–Crippen MR) is 96.5 cm³/mol. The molecule has 5 atom stereocenters. The van der Waals surface area contributed by atoms with Crippen molar-refractivity contribution in [3.8, 4) is 0 Å². The number of ether oxygens (including phenoxy) is 1. The van der Waals surface area contributed by atoms with Gasteiger partial charge in [-0.1, -0.05) is 12.1 Å². The van der Waals surface area contributed by atoms with Crippen LogP contribution < -0.4 is 0 Å². The lowest BCUT2D eigenvalue weighted by molar-refractivity contribution is -0.0848. The first-order valence-electron chi connectivity index (χ1n) is 8.76. The molecule has 0 radical (unpaired) electrons. The zero-order valence-electron chi connectivity index (χ0n) is 15.0. The molecule has 0 spiro atoms. The Kier molecular flexibility index (Phi) is 4.47. The van der Waals surface area contributed by atoms with Crippen LogP contribution >= 0.6 is 0 Å². The average molecular weight is 372 g/mol. The zero-order chi connectivity index (χ0) is 19.3. The smallest absolute Gasteiger partial charge is 0.164 e. The van der Waals surface area contributed by atoms with Crippen molar-refractivity contribution in [1.82, 2.24) is 9.55 Å². The number of hydrogen-bond acceptors (Lipinski definition) is 5. The summed E-state index contributed by atoms with van der Waals surface area (Å²) in [6.45, 7) is 3.55. The largest absolute Gasteiger partial charge is 0.387 e. The summed E-state index contributed by atoms with van der Waals surface area (Å²) in [6.07, 6.45) is -2.32. The Morgan fingerprint density at radius 2 is 1.89 bits per heavy atom. The summed E-state index contributed by atoms with van der Waals surface area (Å²) in [5.74, 6) is -0.378. The van der Waals surface area contributed by atoms with E-state index in [1.165, 1.54) is 18.2 Å². The van der Waals surface area contributed by atoms with Crippen LogP contribution in [0.15, 0.2) is 42.7 Å². The molecule has 2 aromatic heterocycles. The van der Waals surface area contributed by atoms with E-state index in [1.54, 1.807) is 23.9 Å². The number of halogens is 1. The van der Waals surface area contributed by atoms with Gasteiger partial charge in [-0.25, -0.2) is 9.37 Å². The molecule has 6 nitrogen and oxygen atoms in total. The molecule has 5 unspecified atom stereocenters. The molecular formula is C20H21FN2O4. The second kappa shape index (κ2) is 6.69. The second-order valence-electron chi connectivity index (χ2n) is 7.01. The number of nitrogens with zero attached hydrogens (tertiary/aromatic N) is 2. The fourth-order valence-corrected chi connectivity index (χ4v) is 3.62. The summed E-state index contributed by atoms with van der Waals surface area (Å²) in [6, 6.07) is 7.96. The first kappa shape index (κ1) is 18.1. The van der Waals surface area contributed by atoms with Crippen LogP contribution in [0.3, 0.4) is 0 Å². The SMILES string of the molecule is Cc1cc(C(O)C2OC(n3ccc4c(C)ccnc43)C(O)C2O)ccc1F. The van der Waals surface area contributed by atoms with Crippen molar-refractivity contribution >= 4 is 11.0 Å². The molecule has 4 rings (SSSR count). The lowest BCUT2D eigenvalue weighted by Gasteiger charge is -2.22. The van der Waals surface area contributed by atoms with Gasteiger partial charge in [0.25, 0.3) is 0 Å². The van der Waals surface area contributed by atoms with E-state index in [1.807, 2.05) is 19.1 Å². The number of aliphatic hydroxyl groups is 3. The summed E-state index contributed by atoms with van der Waals surface area (Å²) < 4.78 is 21.0. The predicted octanol–water partition coefficient (Wildman–Crippen LogP) is 2.15. The molecule has 1 aliphatic rings. The van der Waals surface area contributed by atoms with Crippen LogP contribution in [0.4, 0.5) is 4.39 Å². The van der Waals surface area contributed by atoms with Crippen molar-refractivity contribution in [2.75, 3.05) is 0 Å². The maximum Gasteiger partial charge on any atom is 0.164 e. The van der Waals surface area contributed by atoms with Gasteiger partial charge in [0.05, 0.1) is 0 Å². The number of benzene rings is 1. The second-order valence-corrected chi connectivity index (χ2v) is 7.01. The van der Waals surface area contributed by atoms with Crippen molar-refractivity contribution in [1.29, 1.82) is 0 Å². The van der Waals surface area contributed by atoms with Crippen LogP contribution in [0.2, 0.25) is 0 Å². The Bertz CT molecular complexity index is 989. The van der Waals surface area contributed by atoms with Gasteiger partial charge < -0.3 is 24.6 Å². The molecule has 27 heavy (non-hydrogen) atoms. The molecule has 1 fully saturated rings. The molecule has 3 heterocycles. The molecular weight excluding hydrogens is 351 g/mol. The quantitative estimate of drug-likeness (QED) is 0.656. The third-order valence-electron chi connectivity index (χ3n) is 5.22. The van der Waals surface area contributed by atoms with E-state index in [0.717, 1.165) is 10.9 Å². The molecule has 0 saturated carbocycles. The highest BCUT2D eigenvalue weighted by molar-refractivity contribution is 5.79. The average Bonchev–Trinajstić information content (AvgIpc) is 3.20. The number of aryl methyl sites for hydroxylation is 2. The van der Waals surface area contributed by atoms with E-state index >= 15 is 0 Å². The Labute approximate surface area is 155 Å². The lowest BCUT2D eigenvalue weighted by Crippen LogP contribution is -2.34. The number of aliphatic hydroxyl groups excluding tert-OH is 3. The minimum atomic E-state index is -1.31. The summed E-state index contributed by atoms with van der Waals surface area (Å²) in [7, 11) is 0. The Morgan fingerprint density at radius 3 is 2.63 bits per heavy atom. The van der Waals surface area contributed by atoms with Gasteiger partial charge in [0.1, 0.15) is 35.9 Å².